The number of para-hydroxylation sites is 1. The molecule has 0 saturated heterocycles. The van der Waals surface area contributed by atoms with Gasteiger partial charge in [-0.3, -0.25) is 14.9 Å². The zero-order valence-electron chi connectivity index (χ0n) is 13.7. The molecule has 2 amide bonds. The minimum absolute atomic E-state index is 0.161. The molecule has 0 unspecified atom stereocenters. The summed E-state index contributed by atoms with van der Waals surface area (Å²) in [5, 5.41) is 13.5. The van der Waals surface area contributed by atoms with E-state index in [0.29, 0.717) is 5.69 Å². The summed E-state index contributed by atoms with van der Waals surface area (Å²) in [5.74, 6) is -2.86. The number of amides is 2. The normalized spacial score (nSPS) is 11.3. The Labute approximate surface area is 149 Å². The fraction of sp³-hybridized carbons (Fsp3) is 0.333. The van der Waals surface area contributed by atoms with E-state index in [1.54, 1.807) is 30.3 Å². The average molecular weight is 382 g/mol. The Morgan fingerprint density at radius 1 is 1.04 bits per heavy atom. The Bertz CT molecular complexity index is 847. The predicted octanol–water partition coefficient (Wildman–Crippen LogP) is 1.65. The van der Waals surface area contributed by atoms with Gasteiger partial charge in [0.1, 0.15) is 16.5 Å². The number of anilines is 2. The number of benzene rings is 1. The van der Waals surface area contributed by atoms with E-state index >= 15 is 0 Å². The molecule has 0 spiro atoms. The molecule has 1 aromatic heterocycles. The second-order valence-corrected chi connectivity index (χ2v) is 8.67. The van der Waals surface area contributed by atoms with Crippen LogP contribution in [0.15, 0.2) is 30.3 Å². The van der Waals surface area contributed by atoms with E-state index in [4.69, 9.17) is 0 Å². The summed E-state index contributed by atoms with van der Waals surface area (Å²) in [6.07, 6.45) is 0. The molecule has 2 rings (SSSR count). The molecule has 0 saturated carbocycles. The Kier molecular flexibility index (Phi) is 6.21. The molecule has 0 aliphatic heterocycles. The number of aromatic nitrogens is 2. The van der Waals surface area contributed by atoms with Crippen molar-refractivity contribution in [1.29, 1.82) is 0 Å². The van der Waals surface area contributed by atoms with Crippen molar-refractivity contribution in [2.24, 2.45) is 0 Å². The Morgan fingerprint density at radius 2 is 1.64 bits per heavy atom. The molecule has 134 valence electrons. The molecule has 10 heteroatoms. The van der Waals surface area contributed by atoms with Crippen molar-refractivity contribution in [2.45, 2.75) is 19.8 Å². The predicted molar refractivity (Wildman–Crippen MR) is 96.4 cm³/mol. The lowest BCUT2D eigenvalue weighted by atomic mass is 10.2. The molecule has 8 nitrogen and oxygen atoms in total. The van der Waals surface area contributed by atoms with Crippen molar-refractivity contribution in [3.63, 3.8) is 0 Å². The highest BCUT2D eigenvalue weighted by Gasteiger charge is 2.22. The molecular weight excluding hydrogens is 364 g/mol. The molecule has 1 heterocycles. The lowest BCUT2D eigenvalue weighted by molar-refractivity contribution is -0.114. The molecule has 0 fully saturated rings. The average Bonchev–Trinajstić information content (AvgIpc) is 2.95. The van der Waals surface area contributed by atoms with E-state index in [-0.39, 0.29) is 11.0 Å². The molecule has 0 atom stereocenters. The Hall–Kier alpha value is -2.33. The van der Waals surface area contributed by atoms with Gasteiger partial charge in [-0.2, -0.15) is 0 Å². The maximum atomic E-state index is 12.0. The van der Waals surface area contributed by atoms with E-state index in [2.05, 4.69) is 20.8 Å². The van der Waals surface area contributed by atoms with Crippen LogP contribution in [0.4, 0.5) is 10.8 Å². The highest BCUT2D eigenvalue weighted by Crippen LogP contribution is 2.22. The number of rotatable bonds is 7. The van der Waals surface area contributed by atoms with Gasteiger partial charge in [-0.05, 0) is 12.1 Å². The van der Waals surface area contributed by atoms with Crippen LogP contribution in [0.5, 0.6) is 0 Å². The molecule has 2 N–H and O–H groups in total. The zero-order valence-corrected chi connectivity index (χ0v) is 15.4. The van der Waals surface area contributed by atoms with Crippen LogP contribution in [0.1, 0.15) is 24.8 Å². The number of hydrogen-bond donors (Lipinski definition) is 2. The van der Waals surface area contributed by atoms with Crippen LogP contribution in [0.25, 0.3) is 0 Å². The highest BCUT2D eigenvalue weighted by atomic mass is 32.2. The van der Waals surface area contributed by atoms with Crippen LogP contribution in [0.3, 0.4) is 0 Å². The van der Waals surface area contributed by atoms with Crippen LogP contribution >= 0.6 is 11.3 Å². The van der Waals surface area contributed by atoms with E-state index in [0.717, 1.165) is 5.01 Å². The maximum Gasteiger partial charge on any atom is 0.241 e. The second kappa shape index (κ2) is 8.17. The first-order chi connectivity index (χ1) is 11.7. The summed E-state index contributed by atoms with van der Waals surface area (Å²) in [5.41, 5.74) is 0.488. The molecular formula is C15H18N4O4S2. The number of nitrogens with zero attached hydrogens (tertiary/aromatic N) is 2. The van der Waals surface area contributed by atoms with E-state index in [1.807, 2.05) is 13.8 Å². The molecule has 1 aromatic carbocycles. The van der Waals surface area contributed by atoms with Crippen LogP contribution in [0.2, 0.25) is 0 Å². The van der Waals surface area contributed by atoms with E-state index < -0.39 is 33.2 Å². The number of nitrogens with one attached hydrogen (secondary N) is 2. The number of carbonyl (C=O) groups excluding carboxylic acids is 2. The third kappa shape index (κ3) is 6.24. The van der Waals surface area contributed by atoms with Gasteiger partial charge in [0.15, 0.2) is 9.84 Å². The second-order valence-electron chi connectivity index (χ2n) is 5.59. The van der Waals surface area contributed by atoms with Crippen molar-refractivity contribution in [3.05, 3.63) is 35.3 Å². The van der Waals surface area contributed by atoms with Crippen molar-refractivity contribution in [3.8, 4) is 0 Å². The van der Waals surface area contributed by atoms with Crippen molar-refractivity contribution in [2.75, 3.05) is 22.1 Å². The summed E-state index contributed by atoms with van der Waals surface area (Å²) in [4.78, 5) is 23.7. The number of hydrogen-bond acceptors (Lipinski definition) is 7. The van der Waals surface area contributed by atoms with Crippen molar-refractivity contribution in [1.82, 2.24) is 10.2 Å². The lowest BCUT2D eigenvalue weighted by Crippen LogP contribution is -2.30. The third-order valence-corrected chi connectivity index (χ3v) is 5.48. The van der Waals surface area contributed by atoms with Gasteiger partial charge in [-0.15, -0.1) is 10.2 Å². The SMILES string of the molecule is CC(C)c1nnc(NC(=O)CS(=O)(=O)CC(=O)Nc2ccccc2)s1. The first kappa shape index (κ1) is 19.0. The first-order valence-electron chi connectivity index (χ1n) is 7.44. The quantitative estimate of drug-likeness (QED) is 0.752. The number of carbonyl (C=O) groups is 2. The van der Waals surface area contributed by atoms with Crippen molar-refractivity contribution >= 4 is 43.8 Å². The molecule has 0 aliphatic carbocycles. The highest BCUT2D eigenvalue weighted by molar-refractivity contribution is 7.92. The molecule has 0 radical (unpaired) electrons. The maximum absolute atomic E-state index is 12.0. The van der Waals surface area contributed by atoms with Crippen LogP contribution in [-0.2, 0) is 19.4 Å². The summed E-state index contributed by atoms with van der Waals surface area (Å²) in [6.45, 7) is 3.86. The first-order valence-corrected chi connectivity index (χ1v) is 10.1. The standard InChI is InChI=1S/C15H18N4O4S2/c1-10(2)14-18-19-15(24-14)17-13(21)9-25(22,23)8-12(20)16-11-6-4-3-5-7-11/h3-7,10H,8-9H2,1-2H3,(H,16,20)(H,17,19,21). The lowest BCUT2D eigenvalue weighted by Gasteiger charge is -2.06. The summed E-state index contributed by atoms with van der Waals surface area (Å²) in [7, 11) is -3.90. The van der Waals surface area contributed by atoms with Gasteiger partial charge in [0.05, 0.1) is 0 Å². The smallest absolute Gasteiger partial charge is 0.241 e. The molecule has 25 heavy (non-hydrogen) atoms. The van der Waals surface area contributed by atoms with Crippen LogP contribution in [0, 0.1) is 0 Å². The Balaban J connectivity index is 1.88. The minimum Gasteiger partial charge on any atom is -0.325 e. The van der Waals surface area contributed by atoms with Gasteiger partial charge in [0.25, 0.3) is 0 Å². The fourth-order valence-electron chi connectivity index (χ4n) is 1.84. The van der Waals surface area contributed by atoms with Gasteiger partial charge >= 0.3 is 0 Å². The summed E-state index contributed by atoms with van der Waals surface area (Å²) in [6, 6.07) is 8.48. The third-order valence-electron chi connectivity index (χ3n) is 2.94. The van der Waals surface area contributed by atoms with Gasteiger partial charge in [0.2, 0.25) is 16.9 Å². The van der Waals surface area contributed by atoms with Gasteiger partial charge in [-0.1, -0.05) is 43.4 Å². The summed E-state index contributed by atoms with van der Waals surface area (Å²) >= 11 is 1.18. The van der Waals surface area contributed by atoms with Gasteiger partial charge in [-0.25, -0.2) is 8.42 Å². The van der Waals surface area contributed by atoms with E-state index in [9.17, 15) is 18.0 Å². The molecule has 2 aromatic rings. The Morgan fingerprint density at radius 3 is 2.20 bits per heavy atom. The molecule has 0 aliphatic rings. The monoisotopic (exact) mass is 382 g/mol. The van der Waals surface area contributed by atoms with Crippen molar-refractivity contribution < 1.29 is 18.0 Å². The van der Waals surface area contributed by atoms with Crippen LogP contribution in [-0.4, -0.2) is 41.9 Å². The number of sulfone groups is 1. The molecule has 0 bridgehead atoms. The van der Waals surface area contributed by atoms with Crippen LogP contribution < -0.4 is 10.6 Å². The summed E-state index contributed by atoms with van der Waals surface area (Å²) < 4.78 is 24.0. The van der Waals surface area contributed by atoms with Gasteiger partial charge in [0, 0.05) is 11.6 Å². The largest absolute Gasteiger partial charge is 0.325 e. The minimum atomic E-state index is -3.90. The van der Waals surface area contributed by atoms with E-state index in [1.165, 1.54) is 11.3 Å². The topological polar surface area (TPSA) is 118 Å². The zero-order chi connectivity index (χ0) is 18.4. The van der Waals surface area contributed by atoms with Gasteiger partial charge < -0.3 is 5.32 Å². The fourth-order valence-corrected chi connectivity index (χ4v) is 3.65.